The summed E-state index contributed by atoms with van der Waals surface area (Å²) in [6.45, 7) is 0. The Labute approximate surface area is 106 Å². The summed E-state index contributed by atoms with van der Waals surface area (Å²) in [5.74, 6) is 0. The molecule has 4 nitrogen and oxygen atoms in total. The lowest BCUT2D eigenvalue weighted by Crippen LogP contribution is -1.88. The lowest BCUT2D eigenvalue weighted by molar-refractivity contribution is 1.39. The van der Waals surface area contributed by atoms with E-state index in [-0.39, 0.29) is 5.57 Å². The van der Waals surface area contributed by atoms with Crippen LogP contribution in [-0.4, -0.2) is 4.98 Å². The highest BCUT2D eigenvalue weighted by Gasteiger charge is 2.04. The molecule has 0 bridgehead atoms. The fourth-order valence-electron chi connectivity index (χ4n) is 1.10. The van der Waals surface area contributed by atoms with E-state index in [1.54, 1.807) is 23.5 Å². The molecule has 0 aromatic carbocycles. The molecule has 17 heavy (non-hydrogen) atoms. The Morgan fingerprint density at radius 2 is 2.18 bits per heavy atom. The first-order valence-electron chi connectivity index (χ1n) is 4.60. The van der Waals surface area contributed by atoms with Crippen molar-refractivity contribution in [3.05, 3.63) is 34.7 Å². The van der Waals surface area contributed by atoms with Crippen LogP contribution in [0.15, 0.2) is 34.7 Å². The fraction of sp³-hybridized carbons (Fsp3) is 0. The molecule has 82 valence electrons. The highest BCUT2D eigenvalue weighted by molar-refractivity contribution is 7.15. The van der Waals surface area contributed by atoms with E-state index in [0.717, 1.165) is 10.6 Å². The second-order valence-electron chi connectivity index (χ2n) is 2.94. The minimum absolute atomic E-state index is 0.0258. The lowest BCUT2D eigenvalue weighted by Gasteiger charge is -1.92. The normalized spacial score (nSPS) is 9.06. The van der Waals surface area contributed by atoms with E-state index in [0.29, 0.717) is 5.13 Å². The Hall–Kier alpha value is -2.15. The molecule has 0 radical (unpaired) electrons. The van der Waals surface area contributed by atoms with E-state index in [1.807, 2.05) is 22.9 Å². The number of nitrogens with one attached hydrogen (secondary N) is 1. The maximum Gasteiger partial charge on any atom is 0.187 e. The molecule has 0 aliphatic heterocycles. The average Bonchev–Trinajstić information content (AvgIpc) is 3.01. The van der Waals surface area contributed by atoms with Crippen molar-refractivity contribution in [1.29, 1.82) is 10.5 Å². The number of hydrogen-bond acceptors (Lipinski definition) is 6. The number of anilines is 1. The summed E-state index contributed by atoms with van der Waals surface area (Å²) >= 11 is 3.05. The summed E-state index contributed by atoms with van der Waals surface area (Å²) in [6.07, 6.45) is 1.36. The highest BCUT2D eigenvalue weighted by atomic mass is 32.1. The number of aromatic nitrogens is 1. The van der Waals surface area contributed by atoms with Gasteiger partial charge in [0.1, 0.15) is 17.7 Å². The molecule has 1 N–H and O–H groups in total. The largest absolute Gasteiger partial charge is 0.336 e. The summed E-state index contributed by atoms with van der Waals surface area (Å²) in [5.41, 5.74) is 0.925. The molecule has 2 heterocycles. The van der Waals surface area contributed by atoms with Crippen LogP contribution < -0.4 is 5.32 Å². The zero-order valence-corrected chi connectivity index (χ0v) is 10.2. The summed E-state index contributed by atoms with van der Waals surface area (Å²) < 4.78 is 0. The number of nitrogens with zero attached hydrogens (tertiary/aromatic N) is 3. The fourth-order valence-corrected chi connectivity index (χ4v) is 2.54. The van der Waals surface area contributed by atoms with Crippen LogP contribution in [0.5, 0.6) is 0 Å². The van der Waals surface area contributed by atoms with Crippen LogP contribution in [0.4, 0.5) is 5.13 Å². The first-order valence-corrected chi connectivity index (χ1v) is 6.35. The summed E-state index contributed by atoms with van der Waals surface area (Å²) in [6, 6.07) is 7.51. The number of hydrogen-bond donors (Lipinski definition) is 1. The van der Waals surface area contributed by atoms with Gasteiger partial charge >= 0.3 is 0 Å². The van der Waals surface area contributed by atoms with Crippen molar-refractivity contribution in [3.8, 4) is 22.7 Å². The Morgan fingerprint density at radius 1 is 1.35 bits per heavy atom. The molecule has 2 rings (SSSR count). The second kappa shape index (κ2) is 5.26. The SMILES string of the molecule is N#CC(C#N)=CNc1nc(-c2cccs2)cs1. The van der Waals surface area contributed by atoms with E-state index in [4.69, 9.17) is 10.5 Å². The third-order valence-corrected chi connectivity index (χ3v) is 3.52. The van der Waals surface area contributed by atoms with Gasteiger partial charge in [-0.3, -0.25) is 0 Å². The minimum atomic E-state index is 0.0258. The molecule has 0 amide bonds. The molecular weight excluding hydrogens is 252 g/mol. The van der Waals surface area contributed by atoms with E-state index < -0.39 is 0 Å². The van der Waals surface area contributed by atoms with Crippen molar-refractivity contribution in [2.75, 3.05) is 5.32 Å². The third-order valence-electron chi connectivity index (χ3n) is 1.86. The van der Waals surface area contributed by atoms with Gasteiger partial charge in [0.05, 0.1) is 10.6 Å². The smallest absolute Gasteiger partial charge is 0.187 e. The van der Waals surface area contributed by atoms with Crippen LogP contribution in [0.25, 0.3) is 10.6 Å². The molecule has 2 aromatic rings. The zero-order chi connectivity index (χ0) is 12.1. The quantitative estimate of drug-likeness (QED) is 0.858. The maximum atomic E-state index is 8.56. The molecule has 0 aliphatic rings. The van der Waals surface area contributed by atoms with Gasteiger partial charge in [-0.15, -0.1) is 22.7 Å². The van der Waals surface area contributed by atoms with Crippen molar-refractivity contribution in [1.82, 2.24) is 4.98 Å². The number of thiazole rings is 1. The van der Waals surface area contributed by atoms with Crippen LogP contribution in [0, 0.1) is 22.7 Å². The van der Waals surface area contributed by atoms with Crippen LogP contribution in [0.3, 0.4) is 0 Å². The Kier molecular flexibility index (Phi) is 3.51. The first-order chi connectivity index (χ1) is 8.33. The molecular formula is C11H6N4S2. The van der Waals surface area contributed by atoms with Crippen LogP contribution in [0.2, 0.25) is 0 Å². The Balaban J connectivity index is 2.13. The summed E-state index contributed by atoms with van der Waals surface area (Å²) in [7, 11) is 0. The predicted molar refractivity (Wildman–Crippen MR) is 68.4 cm³/mol. The van der Waals surface area contributed by atoms with E-state index in [1.165, 1.54) is 17.5 Å². The topological polar surface area (TPSA) is 72.5 Å². The molecule has 0 unspecified atom stereocenters. The average molecular weight is 258 g/mol. The van der Waals surface area contributed by atoms with Gasteiger partial charge in [-0.05, 0) is 11.4 Å². The predicted octanol–water partition coefficient (Wildman–Crippen LogP) is 3.21. The molecule has 0 aliphatic carbocycles. The van der Waals surface area contributed by atoms with Crippen LogP contribution >= 0.6 is 22.7 Å². The molecule has 6 heteroatoms. The molecule has 0 saturated carbocycles. The van der Waals surface area contributed by atoms with Gasteiger partial charge in [0.2, 0.25) is 0 Å². The van der Waals surface area contributed by atoms with Gasteiger partial charge in [0.15, 0.2) is 5.13 Å². The summed E-state index contributed by atoms with van der Waals surface area (Å²) in [4.78, 5) is 5.44. The van der Waals surface area contributed by atoms with Gasteiger partial charge in [0, 0.05) is 11.6 Å². The summed E-state index contributed by atoms with van der Waals surface area (Å²) in [5, 5.41) is 24.5. The monoisotopic (exact) mass is 258 g/mol. The second-order valence-corrected chi connectivity index (χ2v) is 4.75. The molecule has 0 saturated heterocycles. The number of allylic oxidation sites excluding steroid dienone is 1. The molecule has 2 aromatic heterocycles. The van der Waals surface area contributed by atoms with Crippen molar-refractivity contribution in [2.24, 2.45) is 0 Å². The third kappa shape index (κ3) is 2.70. The Morgan fingerprint density at radius 3 is 2.82 bits per heavy atom. The van der Waals surface area contributed by atoms with Gasteiger partial charge in [-0.1, -0.05) is 6.07 Å². The van der Waals surface area contributed by atoms with Crippen molar-refractivity contribution < 1.29 is 0 Å². The number of rotatable bonds is 3. The first kappa shape index (κ1) is 11.3. The number of nitriles is 2. The molecule has 0 fully saturated rings. The number of thiophene rings is 1. The van der Waals surface area contributed by atoms with E-state index in [9.17, 15) is 0 Å². The van der Waals surface area contributed by atoms with E-state index >= 15 is 0 Å². The van der Waals surface area contributed by atoms with Crippen molar-refractivity contribution in [2.45, 2.75) is 0 Å². The molecule has 0 atom stereocenters. The van der Waals surface area contributed by atoms with Crippen LogP contribution in [-0.2, 0) is 0 Å². The van der Waals surface area contributed by atoms with Crippen LogP contribution in [0.1, 0.15) is 0 Å². The van der Waals surface area contributed by atoms with Gasteiger partial charge in [-0.2, -0.15) is 10.5 Å². The van der Waals surface area contributed by atoms with Gasteiger partial charge in [0.25, 0.3) is 0 Å². The minimum Gasteiger partial charge on any atom is -0.336 e. The highest BCUT2D eigenvalue weighted by Crippen LogP contribution is 2.28. The lowest BCUT2D eigenvalue weighted by atomic mass is 10.4. The standard InChI is InChI=1S/C11H6N4S2/c12-4-8(5-13)6-14-11-15-9(7-17-11)10-2-1-3-16-10/h1-3,6-7H,(H,14,15). The van der Waals surface area contributed by atoms with Crippen molar-refractivity contribution in [3.63, 3.8) is 0 Å². The maximum absolute atomic E-state index is 8.56. The Bertz CT molecular complexity index is 595. The zero-order valence-electron chi connectivity index (χ0n) is 8.54. The molecule has 0 spiro atoms. The van der Waals surface area contributed by atoms with Gasteiger partial charge < -0.3 is 5.32 Å². The van der Waals surface area contributed by atoms with Gasteiger partial charge in [-0.25, -0.2) is 4.98 Å². The van der Waals surface area contributed by atoms with E-state index in [2.05, 4.69) is 10.3 Å². The van der Waals surface area contributed by atoms with Crippen molar-refractivity contribution >= 4 is 27.8 Å².